The van der Waals surface area contributed by atoms with Crippen LogP contribution in [-0.4, -0.2) is 23.8 Å². The number of nitrogens with zero attached hydrogens (tertiary/aromatic N) is 3. The van der Waals surface area contributed by atoms with Crippen LogP contribution in [-0.2, 0) is 6.18 Å². The molecule has 2 N–H and O–H groups in total. The van der Waals surface area contributed by atoms with E-state index in [0.717, 1.165) is 43.4 Å². The summed E-state index contributed by atoms with van der Waals surface area (Å²) < 4.78 is 52.4. The van der Waals surface area contributed by atoms with Crippen LogP contribution in [0.2, 0.25) is 0 Å². The van der Waals surface area contributed by atoms with Gasteiger partial charge in [-0.15, -0.1) is 0 Å². The second-order valence-corrected chi connectivity index (χ2v) is 7.61. The van der Waals surface area contributed by atoms with Gasteiger partial charge in [0.2, 0.25) is 0 Å². The summed E-state index contributed by atoms with van der Waals surface area (Å²) in [6, 6.07) is 2.79. The molecule has 1 saturated carbocycles. The number of nitrogens with two attached hydrogens (primary N) is 1. The van der Waals surface area contributed by atoms with E-state index < -0.39 is 17.6 Å². The summed E-state index contributed by atoms with van der Waals surface area (Å²) in [5.41, 5.74) is 5.85. The fraction of sp³-hybridized carbons (Fsp3) is 0.375. The summed E-state index contributed by atoms with van der Waals surface area (Å²) in [5, 5.41) is 0. The zero-order chi connectivity index (χ0) is 23.7. The van der Waals surface area contributed by atoms with Crippen LogP contribution < -0.4 is 5.73 Å². The maximum Gasteiger partial charge on any atom is 0.416 e. The Bertz CT molecular complexity index is 951. The predicted octanol–water partition coefficient (Wildman–Crippen LogP) is 6.22. The lowest BCUT2D eigenvalue weighted by molar-refractivity contribution is -0.137. The second-order valence-electron chi connectivity index (χ2n) is 7.61. The average molecular weight is 449 g/mol. The van der Waals surface area contributed by atoms with E-state index in [2.05, 4.69) is 27.3 Å². The third kappa shape index (κ3) is 7.90. The van der Waals surface area contributed by atoms with Crippen molar-refractivity contribution in [1.29, 1.82) is 0 Å². The molecule has 2 heterocycles. The summed E-state index contributed by atoms with van der Waals surface area (Å²) in [7, 11) is 0. The van der Waals surface area contributed by atoms with Crippen molar-refractivity contribution < 1.29 is 17.6 Å². The third-order valence-corrected chi connectivity index (χ3v) is 4.80. The highest BCUT2D eigenvalue weighted by molar-refractivity contribution is 6.02. The Kier molecular flexibility index (Phi) is 9.11. The SMILES string of the molecule is C=CN.CC1=NC(C)=NC1.Fc1cc(C(C2=NC=CCC=C2)C2CC2)cc(C(F)(F)F)c1. The van der Waals surface area contributed by atoms with E-state index in [4.69, 9.17) is 0 Å². The fourth-order valence-corrected chi connectivity index (χ4v) is 3.34. The lowest BCUT2D eigenvalue weighted by Gasteiger charge is -2.19. The van der Waals surface area contributed by atoms with Crippen LogP contribution in [0.4, 0.5) is 17.6 Å². The standard InChI is InChI=1S/C17H15F4N.C5H8N2.C2H5N/c18-14-9-12(8-13(10-14)17(19,20)21)16(11-5-6-11)15-4-2-1-3-7-22-15;1-4-3-6-5(2)7-4;1-2-3/h2-4,7-11,16H,1,5-6H2;3H2,1-2H3;2H,1,3H2. The maximum atomic E-state index is 13.7. The van der Waals surface area contributed by atoms with Gasteiger partial charge in [0, 0.05) is 23.5 Å². The van der Waals surface area contributed by atoms with Crippen molar-refractivity contribution in [1.82, 2.24) is 0 Å². The van der Waals surface area contributed by atoms with E-state index in [9.17, 15) is 17.6 Å². The number of hydrogen-bond donors (Lipinski definition) is 1. The average Bonchev–Trinajstić information content (AvgIpc) is 3.50. The first kappa shape index (κ1) is 25.2. The van der Waals surface area contributed by atoms with Gasteiger partial charge in [-0.25, -0.2) is 9.38 Å². The van der Waals surface area contributed by atoms with Crippen LogP contribution >= 0.6 is 0 Å². The molecule has 0 aromatic heterocycles. The molecular weight excluding hydrogens is 420 g/mol. The number of alkyl halides is 3. The minimum atomic E-state index is -4.55. The van der Waals surface area contributed by atoms with Gasteiger partial charge >= 0.3 is 6.18 Å². The molecule has 1 aromatic carbocycles. The Hall–Kier alpha value is -3.03. The van der Waals surface area contributed by atoms with E-state index in [1.165, 1.54) is 12.3 Å². The smallest absolute Gasteiger partial charge is 0.405 e. The highest BCUT2D eigenvalue weighted by Crippen LogP contribution is 2.45. The zero-order valence-electron chi connectivity index (χ0n) is 18.2. The van der Waals surface area contributed by atoms with Gasteiger partial charge in [0.1, 0.15) is 11.7 Å². The molecular formula is C24H28F4N4. The molecule has 0 radical (unpaired) electrons. The molecule has 3 aliphatic rings. The molecule has 1 atom stereocenters. The van der Waals surface area contributed by atoms with E-state index >= 15 is 0 Å². The van der Waals surface area contributed by atoms with Crippen LogP contribution in [0.1, 0.15) is 50.2 Å². The van der Waals surface area contributed by atoms with Gasteiger partial charge in [0.25, 0.3) is 0 Å². The largest absolute Gasteiger partial charge is 0.416 e. The molecule has 2 aliphatic heterocycles. The van der Waals surface area contributed by atoms with Crippen molar-refractivity contribution in [2.45, 2.75) is 45.2 Å². The summed E-state index contributed by atoms with van der Waals surface area (Å²) in [6.07, 6.45) is 6.59. The molecule has 1 unspecified atom stereocenters. The molecule has 4 nitrogen and oxygen atoms in total. The minimum Gasteiger partial charge on any atom is -0.405 e. The van der Waals surface area contributed by atoms with Gasteiger partial charge in [-0.05, 0) is 75.1 Å². The molecule has 4 rings (SSSR count). The quantitative estimate of drug-likeness (QED) is 0.548. The van der Waals surface area contributed by atoms with Crippen LogP contribution in [0, 0.1) is 11.7 Å². The van der Waals surface area contributed by atoms with E-state index in [1.54, 1.807) is 6.20 Å². The Morgan fingerprint density at radius 2 is 1.84 bits per heavy atom. The summed E-state index contributed by atoms with van der Waals surface area (Å²) in [4.78, 5) is 12.4. The van der Waals surface area contributed by atoms with Crippen molar-refractivity contribution in [3.05, 3.63) is 72.4 Å². The van der Waals surface area contributed by atoms with Gasteiger partial charge in [-0.3, -0.25) is 9.98 Å². The molecule has 8 heteroatoms. The molecule has 1 aliphatic carbocycles. The molecule has 0 spiro atoms. The first-order valence-electron chi connectivity index (χ1n) is 10.3. The predicted molar refractivity (Wildman–Crippen MR) is 123 cm³/mol. The lowest BCUT2D eigenvalue weighted by atomic mass is 9.88. The Morgan fingerprint density at radius 1 is 1.16 bits per heavy atom. The highest BCUT2D eigenvalue weighted by Gasteiger charge is 2.37. The number of rotatable bonds is 3. The second kappa shape index (κ2) is 11.5. The van der Waals surface area contributed by atoms with Crippen molar-refractivity contribution in [2.24, 2.45) is 26.6 Å². The number of amidine groups is 1. The molecule has 0 amide bonds. The number of benzene rings is 1. The lowest BCUT2D eigenvalue weighted by Crippen LogP contribution is -2.15. The van der Waals surface area contributed by atoms with Crippen molar-refractivity contribution in [2.75, 3.05) is 6.54 Å². The first-order chi connectivity index (χ1) is 15.2. The van der Waals surface area contributed by atoms with Crippen molar-refractivity contribution >= 4 is 17.3 Å². The number of hydrogen-bond acceptors (Lipinski definition) is 4. The minimum absolute atomic E-state index is 0.234. The molecule has 1 fully saturated rings. The molecule has 0 saturated heterocycles. The normalized spacial score (nSPS) is 18.1. The van der Waals surface area contributed by atoms with Crippen LogP contribution in [0.15, 0.2) is 70.4 Å². The third-order valence-electron chi connectivity index (χ3n) is 4.80. The van der Waals surface area contributed by atoms with Crippen molar-refractivity contribution in [3.63, 3.8) is 0 Å². The summed E-state index contributed by atoms with van der Waals surface area (Å²) >= 11 is 0. The van der Waals surface area contributed by atoms with Gasteiger partial charge in [-0.1, -0.05) is 18.7 Å². The van der Waals surface area contributed by atoms with Gasteiger partial charge in [0.05, 0.1) is 12.1 Å². The first-order valence-corrected chi connectivity index (χ1v) is 10.3. The number of allylic oxidation sites excluding steroid dienone is 3. The molecule has 172 valence electrons. The van der Waals surface area contributed by atoms with E-state index in [1.807, 2.05) is 32.1 Å². The Labute approximate surface area is 186 Å². The molecule has 32 heavy (non-hydrogen) atoms. The van der Waals surface area contributed by atoms with Gasteiger partial charge in [0.15, 0.2) is 0 Å². The van der Waals surface area contributed by atoms with Crippen molar-refractivity contribution in [3.8, 4) is 0 Å². The maximum absolute atomic E-state index is 13.7. The van der Waals surface area contributed by atoms with Gasteiger partial charge < -0.3 is 5.73 Å². The van der Waals surface area contributed by atoms with Crippen LogP contribution in [0.5, 0.6) is 0 Å². The number of halogens is 4. The monoisotopic (exact) mass is 448 g/mol. The number of aliphatic imine (C=N–C) groups is 3. The molecule has 1 aromatic rings. The fourth-order valence-electron chi connectivity index (χ4n) is 3.34. The highest BCUT2D eigenvalue weighted by atomic mass is 19.4. The van der Waals surface area contributed by atoms with Crippen LogP contribution in [0.3, 0.4) is 0 Å². The Morgan fingerprint density at radius 3 is 2.34 bits per heavy atom. The van der Waals surface area contributed by atoms with E-state index in [-0.39, 0.29) is 11.8 Å². The van der Waals surface area contributed by atoms with E-state index in [0.29, 0.717) is 17.3 Å². The Balaban J connectivity index is 0.000000302. The van der Waals surface area contributed by atoms with Crippen LogP contribution in [0.25, 0.3) is 0 Å². The zero-order valence-corrected chi connectivity index (χ0v) is 18.2. The summed E-state index contributed by atoms with van der Waals surface area (Å²) in [5.74, 6) is 0.00954. The van der Waals surface area contributed by atoms with Gasteiger partial charge in [-0.2, -0.15) is 13.2 Å². The summed E-state index contributed by atoms with van der Waals surface area (Å²) in [6.45, 7) is 7.85. The topological polar surface area (TPSA) is 63.1 Å². The molecule has 0 bridgehead atoms.